The van der Waals surface area contributed by atoms with Crippen LogP contribution in [0.25, 0.3) is 0 Å². The van der Waals surface area contributed by atoms with Gasteiger partial charge in [-0.05, 0) is 23.6 Å². The lowest BCUT2D eigenvalue weighted by Crippen LogP contribution is -2.00. The molecule has 0 fully saturated rings. The Bertz CT molecular complexity index is 372. The molecule has 2 nitrogen and oxygen atoms in total. The number of hydrogen-bond donors (Lipinski definition) is 1. The molecule has 0 atom stereocenters. The molecule has 0 saturated carbocycles. The smallest absolute Gasteiger partial charge is 0.255 e. The van der Waals surface area contributed by atoms with Crippen LogP contribution in [-0.2, 0) is 0 Å². The average Bonchev–Trinajstić information content (AvgIpc) is 2.19. The summed E-state index contributed by atoms with van der Waals surface area (Å²) in [6.45, 7) is 3.80. The van der Waals surface area contributed by atoms with Crippen molar-refractivity contribution in [2.75, 3.05) is 0 Å². The predicted molar refractivity (Wildman–Crippen MR) is 48.4 cm³/mol. The number of halogens is 1. The third kappa shape index (κ3) is 2.05. The van der Waals surface area contributed by atoms with Gasteiger partial charge in [0.25, 0.3) is 5.43 Å². The molecule has 0 radical (unpaired) electrons. The van der Waals surface area contributed by atoms with E-state index in [4.69, 9.17) is 5.11 Å². The van der Waals surface area contributed by atoms with Crippen LogP contribution < -0.4 is 5.43 Å². The molecule has 1 rings (SSSR count). The first-order valence-electron chi connectivity index (χ1n) is 4.05. The van der Waals surface area contributed by atoms with Crippen LogP contribution in [-0.4, -0.2) is 5.11 Å². The Morgan fingerprint density at radius 2 is 2.00 bits per heavy atom. The Balaban J connectivity index is 3.43. The highest BCUT2D eigenvalue weighted by molar-refractivity contribution is 5.28. The first kappa shape index (κ1) is 9.71. The Hall–Kier alpha value is -1.38. The van der Waals surface area contributed by atoms with Crippen molar-refractivity contribution in [3.63, 3.8) is 0 Å². The number of aromatic hydroxyl groups is 1. The largest absolute Gasteiger partial charge is 0.504 e. The normalized spacial score (nSPS) is 10.5. The summed E-state index contributed by atoms with van der Waals surface area (Å²) >= 11 is 0. The fourth-order valence-corrected chi connectivity index (χ4v) is 0.998. The second kappa shape index (κ2) is 3.56. The van der Waals surface area contributed by atoms with Crippen LogP contribution >= 0.6 is 0 Å². The quantitative estimate of drug-likeness (QED) is 0.721. The zero-order valence-corrected chi connectivity index (χ0v) is 7.54. The van der Waals surface area contributed by atoms with Crippen LogP contribution in [0.4, 0.5) is 4.39 Å². The van der Waals surface area contributed by atoms with Crippen LogP contribution in [0.5, 0.6) is 5.75 Å². The van der Waals surface area contributed by atoms with Gasteiger partial charge >= 0.3 is 0 Å². The van der Waals surface area contributed by atoms with Crippen LogP contribution in [0.1, 0.15) is 25.3 Å². The number of hydrogen-bond acceptors (Lipinski definition) is 2. The molecule has 0 bridgehead atoms. The maximum absolute atomic E-state index is 12.8. The summed E-state index contributed by atoms with van der Waals surface area (Å²) in [6, 6.07) is 3.88. The standard InChI is InChI=1S/C10H11FO2/c1-6(2)7-3-4-8(11)10(13)9(12)5-7/h3-6H,1-2H3,(H,12,13). The lowest BCUT2D eigenvalue weighted by Gasteiger charge is -1.99. The topological polar surface area (TPSA) is 37.3 Å². The molecule has 1 aromatic rings. The molecule has 0 amide bonds. The molecule has 0 saturated heterocycles. The van der Waals surface area contributed by atoms with Crippen LogP contribution in [0.3, 0.4) is 0 Å². The molecule has 0 aliphatic rings. The van der Waals surface area contributed by atoms with Crippen LogP contribution in [0, 0.1) is 5.82 Å². The summed E-state index contributed by atoms with van der Waals surface area (Å²) in [6.07, 6.45) is 0. The molecule has 3 heteroatoms. The fraction of sp³-hybridized carbons (Fsp3) is 0.300. The molecular formula is C10H11FO2. The number of rotatable bonds is 1. The summed E-state index contributed by atoms with van der Waals surface area (Å²) in [5.74, 6) is -1.31. The molecule has 1 N–H and O–H groups in total. The van der Waals surface area contributed by atoms with Gasteiger partial charge in [-0.3, -0.25) is 4.79 Å². The third-order valence-electron chi connectivity index (χ3n) is 1.84. The van der Waals surface area contributed by atoms with Gasteiger partial charge in [-0.15, -0.1) is 0 Å². The van der Waals surface area contributed by atoms with E-state index in [1.807, 2.05) is 13.8 Å². The molecule has 0 heterocycles. The summed E-state index contributed by atoms with van der Waals surface area (Å²) in [4.78, 5) is 10.9. The lowest BCUT2D eigenvalue weighted by atomic mass is 10.1. The summed E-state index contributed by atoms with van der Waals surface area (Å²) in [5, 5.41) is 9.14. The molecule has 1 aromatic carbocycles. The van der Waals surface area contributed by atoms with E-state index in [1.54, 1.807) is 0 Å². The van der Waals surface area contributed by atoms with E-state index in [9.17, 15) is 9.18 Å². The molecular weight excluding hydrogens is 171 g/mol. The zero-order chi connectivity index (χ0) is 10.0. The average molecular weight is 182 g/mol. The van der Waals surface area contributed by atoms with Gasteiger partial charge in [-0.25, -0.2) is 4.39 Å². The van der Waals surface area contributed by atoms with E-state index in [0.717, 1.165) is 11.6 Å². The van der Waals surface area contributed by atoms with Gasteiger partial charge in [-0.1, -0.05) is 19.9 Å². The highest BCUT2D eigenvalue weighted by Gasteiger charge is 2.04. The van der Waals surface area contributed by atoms with Crippen molar-refractivity contribution in [2.24, 2.45) is 0 Å². The highest BCUT2D eigenvalue weighted by Crippen LogP contribution is 2.15. The van der Waals surface area contributed by atoms with E-state index < -0.39 is 17.0 Å². The molecule has 0 aliphatic carbocycles. The summed E-state index contributed by atoms with van der Waals surface area (Å²) in [7, 11) is 0. The minimum absolute atomic E-state index is 0.150. The summed E-state index contributed by atoms with van der Waals surface area (Å²) in [5.41, 5.74) is -0.217. The van der Waals surface area contributed by atoms with Gasteiger partial charge in [0.05, 0.1) is 0 Å². The monoisotopic (exact) mass is 182 g/mol. The molecule has 0 unspecified atom stereocenters. The highest BCUT2D eigenvalue weighted by atomic mass is 19.1. The lowest BCUT2D eigenvalue weighted by molar-refractivity contribution is 0.463. The minimum Gasteiger partial charge on any atom is -0.504 e. The first-order chi connectivity index (χ1) is 6.02. The van der Waals surface area contributed by atoms with Gasteiger partial charge in [0.2, 0.25) is 0 Å². The Morgan fingerprint density at radius 3 is 2.54 bits per heavy atom. The van der Waals surface area contributed by atoms with Crippen molar-refractivity contribution in [3.05, 3.63) is 39.8 Å². The molecule has 13 heavy (non-hydrogen) atoms. The van der Waals surface area contributed by atoms with Crippen molar-refractivity contribution in [1.82, 2.24) is 0 Å². The molecule has 0 aliphatic heterocycles. The van der Waals surface area contributed by atoms with E-state index in [2.05, 4.69) is 0 Å². The van der Waals surface area contributed by atoms with Crippen molar-refractivity contribution in [2.45, 2.75) is 19.8 Å². The maximum Gasteiger partial charge on any atom is 0.255 e. The zero-order valence-electron chi connectivity index (χ0n) is 7.54. The van der Waals surface area contributed by atoms with E-state index in [0.29, 0.717) is 0 Å². The van der Waals surface area contributed by atoms with Gasteiger partial charge in [0, 0.05) is 0 Å². The Kier molecular flexibility index (Phi) is 2.66. The maximum atomic E-state index is 12.8. The Labute approximate surface area is 75.7 Å². The fourth-order valence-electron chi connectivity index (χ4n) is 0.998. The first-order valence-corrected chi connectivity index (χ1v) is 4.05. The molecule has 70 valence electrons. The minimum atomic E-state index is -0.952. The van der Waals surface area contributed by atoms with E-state index in [1.165, 1.54) is 12.1 Å². The SMILES string of the molecule is CC(C)c1ccc(F)c(=O)c(O)c1. The second-order valence-electron chi connectivity index (χ2n) is 3.19. The van der Waals surface area contributed by atoms with E-state index >= 15 is 0 Å². The van der Waals surface area contributed by atoms with Gasteiger partial charge < -0.3 is 5.11 Å². The predicted octanol–water partition coefficient (Wildman–Crippen LogP) is 2.01. The van der Waals surface area contributed by atoms with Gasteiger partial charge in [0.1, 0.15) is 0 Å². The summed E-state index contributed by atoms with van der Waals surface area (Å²) < 4.78 is 12.8. The van der Waals surface area contributed by atoms with Crippen molar-refractivity contribution in [1.29, 1.82) is 0 Å². The van der Waals surface area contributed by atoms with E-state index in [-0.39, 0.29) is 5.92 Å². The van der Waals surface area contributed by atoms with Crippen molar-refractivity contribution < 1.29 is 9.50 Å². The van der Waals surface area contributed by atoms with Crippen molar-refractivity contribution in [3.8, 4) is 5.75 Å². The van der Waals surface area contributed by atoms with Gasteiger partial charge in [0.15, 0.2) is 11.6 Å². The molecule has 0 spiro atoms. The third-order valence-corrected chi connectivity index (χ3v) is 1.84. The molecule has 0 aromatic heterocycles. The van der Waals surface area contributed by atoms with Crippen LogP contribution in [0.2, 0.25) is 0 Å². The van der Waals surface area contributed by atoms with Crippen molar-refractivity contribution >= 4 is 0 Å². The van der Waals surface area contributed by atoms with Gasteiger partial charge in [-0.2, -0.15) is 0 Å². The van der Waals surface area contributed by atoms with Crippen LogP contribution in [0.15, 0.2) is 23.0 Å². The Morgan fingerprint density at radius 1 is 1.38 bits per heavy atom. The second-order valence-corrected chi connectivity index (χ2v) is 3.19.